The molecule has 0 fully saturated rings. The number of carboxylic acids is 1. The highest BCUT2D eigenvalue weighted by molar-refractivity contribution is 6.35. The molecule has 0 aliphatic carbocycles. The Morgan fingerprint density at radius 2 is 1.44 bits per heavy atom. The van der Waals surface area contributed by atoms with E-state index in [-0.39, 0.29) is 12.6 Å². The first kappa shape index (κ1) is 34.2. The SMILES string of the molecule is CCC.O=C(O)C[C@H](NC(=O)CNC(=O)C(=O)NCc1cccc2ccccc12)C(=O)COc1c(F)c(F)cc(F)c1F. The van der Waals surface area contributed by atoms with E-state index in [0.717, 1.165) is 16.3 Å². The Morgan fingerprint density at radius 1 is 0.860 bits per heavy atom. The molecule has 0 spiro atoms. The summed E-state index contributed by atoms with van der Waals surface area (Å²) in [5.74, 6) is -15.1. The summed E-state index contributed by atoms with van der Waals surface area (Å²) in [5, 5.41) is 17.2. The van der Waals surface area contributed by atoms with Crippen molar-refractivity contribution in [3.05, 3.63) is 77.4 Å². The molecule has 0 aromatic heterocycles. The molecule has 230 valence electrons. The second kappa shape index (κ2) is 16.4. The molecule has 0 aliphatic heterocycles. The van der Waals surface area contributed by atoms with Gasteiger partial charge in [-0.25, -0.2) is 8.78 Å². The molecule has 14 heteroatoms. The van der Waals surface area contributed by atoms with E-state index in [0.29, 0.717) is 0 Å². The van der Waals surface area contributed by atoms with Gasteiger partial charge >= 0.3 is 17.8 Å². The van der Waals surface area contributed by atoms with Gasteiger partial charge in [-0.3, -0.25) is 24.0 Å². The molecule has 3 rings (SSSR count). The molecule has 1 atom stereocenters. The van der Waals surface area contributed by atoms with Crippen LogP contribution in [0.2, 0.25) is 0 Å². The number of amides is 3. The normalized spacial score (nSPS) is 11.0. The maximum atomic E-state index is 13.7. The van der Waals surface area contributed by atoms with E-state index in [2.05, 4.69) is 23.9 Å². The Morgan fingerprint density at radius 3 is 2.07 bits per heavy atom. The van der Waals surface area contributed by atoms with Gasteiger partial charge in [-0.1, -0.05) is 62.7 Å². The Labute approximate surface area is 243 Å². The lowest BCUT2D eigenvalue weighted by Crippen LogP contribution is -2.49. The van der Waals surface area contributed by atoms with Crippen LogP contribution in [0.3, 0.4) is 0 Å². The summed E-state index contributed by atoms with van der Waals surface area (Å²) >= 11 is 0. The number of hydrogen-bond donors (Lipinski definition) is 4. The largest absolute Gasteiger partial charge is 0.481 e. The molecule has 0 heterocycles. The number of rotatable bonds is 11. The Bertz CT molecular complexity index is 1470. The topological polar surface area (TPSA) is 151 Å². The number of carbonyl (C=O) groups excluding carboxylic acids is 4. The van der Waals surface area contributed by atoms with Crippen LogP contribution in [0.1, 0.15) is 32.3 Å². The summed E-state index contributed by atoms with van der Waals surface area (Å²) in [6.07, 6.45) is 0.246. The molecule has 3 amide bonds. The van der Waals surface area contributed by atoms with Crippen LogP contribution in [0.5, 0.6) is 5.75 Å². The summed E-state index contributed by atoms with van der Waals surface area (Å²) in [6, 6.07) is 10.9. The highest BCUT2D eigenvalue weighted by Crippen LogP contribution is 2.26. The van der Waals surface area contributed by atoms with Crippen LogP contribution in [0.25, 0.3) is 10.8 Å². The molecule has 0 radical (unpaired) electrons. The van der Waals surface area contributed by atoms with E-state index in [1.54, 1.807) is 12.1 Å². The van der Waals surface area contributed by atoms with Crippen molar-refractivity contribution in [2.45, 2.75) is 39.3 Å². The second-order valence-corrected chi connectivity index (χ2v) is 8.98. The molecule has 0 unspecified atom stereocenters. The summed E-state index contributed by atoms with van der Waals surface area (Å²) in [7, 11) is 0. The van der Waals surface area contributed by atoms with Gasteiger partial charge in [0.05, 0.1) is 13.0 Å². The van der Waals surface area contributed by atoms with Crippen LogP contribution in [0.4, 0.5) is 17.6 Å². The van der Waals surface area contributed by atoms with Crippen molar-refractivity contribution in [1.82, 2.24) is 16.0 Å². The van der Waals surface area contributed by atoms with Gasteiger partial charge in [-0.05, 0) is 16.3 Å². The third-order valence-corrected chi connectivity index (χ3v) is 5.47. The molecule has 4 N–H and O–H groups in total. The van der Waals surface area contributed by atoms with Crippen molar-refractivity contribution >= 4 is 40.2 Å². The highest BCUT2D eigenvalue weighted by atomic mass is 19.2. The van der Waals surface area contributed by atoms with Gasteiger partial charge < -0.3 is 25.8 Å². The Balaban J connectivity index is 0.00000206. The standard InChI is InChI=1S/C26H21F4N3O7.C3H8/c27-16-8-17(28)23(30)24(22(16)29)40-12-19(34)18(9-21(36)37)33-20(35)11-32-26(39)25(38)31-10-14-6-3-5-13-4-1-2-7-15(13)14;1-3-2/h1-8,18H,9-12H2,(H,31,38)(H,32,39)(H,33,35)(H,36,37);3H2,1-2H3/t18-;/m0./s1. The minimum Gasteiger partial charge on any atom is -0.481 e. The van der Waals surface area contributed by atoms with Gasteiger partial charge in [0.15, 0.2) is 23.2 Å². The Hall–Kier alpha value is -5.01. The van der Waals surface area contributed by atoms with Crippen LogP contribution in [-0.2, 0) is 30.5 Å². The number of halogens is 4. The number of benzene rings is 3. The third-order valence-electron chi connectivity index (χ3n) is 5.47. The molecule has 43 heavy (non-hydrogen) atoms. The number of carbonyl (C=O) groups is 5. The maximum Gasteiger partial charge on any atom is 0.309 e. The molecule has 0 bridgehead atoms. The van der Waals surface area contributed by atoms with E-state index in [1.165, 1.54) is 6.42 Å². The van der Waals surface area contributed by atoms with E-state index in [9.17, 15) is 41.5 Å². The molecule has 10 nitrogen and oxygen atoms in total. The number of nitrogens with one attached hydrogen (secondary N) is 3. The number of ketones is 1. The molecular formula is C29H29F4N3O7. The number of hydrogen-bond acceptors (Lipinski definition) is 6. The van der Waals surface area contributed by atoms with Crippen molar-refractivity contribution < 1.29 is 51.4 Å². The minimum atomic E-state index is -1.92. The molecular weight excluding hydrogens is 578 g/mol. The quantitative estimate of drug-likeness (QED) is 0.149. The lowest BCUT2D eigenvalue weighted by Gasteiger charge is -2.17. The zero-order valence-corrected chi connectivity index (χ0v) is 23.1. The summed E-state index contributed by atoms with van der Waals surface area (Å²) < 4.78 is 58.6. The second-order valence-electron chi connectivity index (χ2n) is 8.98. The minimum absolute atomic E-state index is 0.00535. The van der Waals surface area contributed by atoms with E-state index in [4.69, 9.17) is 5.11 Å². The van der Waals surface area contributed by atoms with Gasteiger partial charge in [0.25, 0.3) is 0 Å². The van der Waals surface area contributed by atoms with Crippen molar-refractivity contribution in [3.8, 4) is 5.75 Å². The lowest BCUT2D eigenvalue weighted by atomic mass is 10.0. The van der Waals surface area contributed by atoms with Crippen LogP contribution < -0.4 is 20.7 Å². The number of Topliss-reactive ketones (excluding diaryl/α,β-unsaturated/α-hetero) is 1. The number of carboxylic acid groups (broad SMARTS) is 1. The first-order valence-corrected chi connectivity index (χ1v) is 12.9. The average molecular weight is 608 g/mol. The van der Waals surface area contributed by atoms with Crippen LogP contribution >= 0.6 is 0 Å². The fraction of sp³-hybridized carbons (Fsp3) is 0.276. The fourth-order valence-corrected chi connectivity index (χ4v) is 3.53. The summed E-state index contributed by atoms with van der Waals surface area (Å²) in [4.78, 5) is 59.9. The van der Waals surface area contributed by atoms with Crippen molar-refractivity contribution in [3.63, 3.8) is 0 Å². The smallest absolute Gasteiger partial charge is 0.309 e. The number of ether oxygens (including phenoxy) is 1. The van der Waals surface area contributed by atoms with Crippen LogP contribution in [0.15, 0.2) is 48.5 Å². The van der Waals surface area contributed by atoms with Crippen molar-refractivity contribution in [1.29, 1.82) is 0 Å². The summed E-state index contributed by atoms with van der Waals surface area (Å²) in [6.45, 7) is 2.15. The van der Waals surface area contributed by atoms with Crippen molar-refractivity contribution in [2.24, 2.45) is 0 Å². The van der Waals surface area contributed by atoms with Gasteiger partial charge in [-0.15, -0.1) is 0 Å². The predicted octanol–water partition coefficient (Wildman–Crippen LogP) is 3.15. The molecule has 0 saturated heterocycles. The van der Waals surface area contributed by atoms with Crippen LogP contribution in [0, 0.1) is 23.3 Å². The van der Waals surface area contributed by atoms with Crippen LogP contribution in [-0.4, -0.2) is 53.8 Å². The molecule has 0 saturated carbocycles. The first-order chi connectivity index (χ1) is 20.4. The van der Waals surface area contributed by atoms with Gasteiger partial charge in [-0.2, -0.15) is 8.78 Å². The van der Waals surface area contributed by atoms with E-state index in [1.807, 2.05) is 41.0 Å². The zero-order valence-electron chi connectivity index (χ0n) is 23.1. The molecule has 3 aromatic rings. The Kier molecular flexibility index (Phi) is 13.1. The fourth-order valence-electron chi connectivity index (χ4n) is 3.53. The van der Waals surface area contributed by atoms with Gasteiger partial charge in [0.2, 0.25) is 17.5 Å². The lowest BCUT2D eigenvalue weighted by molar-refractivity contribution is -0.141. The van der Waals surface area contributed by atoms with E-state index >= 15 is 0 Å². The average Bonchev–Trinajstić information content (AvgIpc) is 2.97. The maximum absolute atomic E-state index is 13.7. The van der Waals surface area contributed by atoms with E-state index < -0.39 is 84.1 Å². The predicted molar refractivity (Wildman–Crippen MR) is 146 cm³/mol. The first-order valence-electron chi connectivity index (χ1n) is 12.9. The molecule has 0 aliphatic rings. The molecule has 3 aromatic carbocycles. The van der Waals surface area contributed by atoms with Gasteiger partial charge in [0.1, 0.15) is 12.6 Å². The highest BCUT2D eigenvalue weighted by Gasteiger charge is 2.27. The third kappa shape index (κ3) is 10.1. The van der Waals surface area contributed by atoms with Crippen molar-refractivity contribution in [2.75, 3.05) is 13.2 Å². The number of aliphatic carboxylic acids is 1. The number of fused-ring (bicyclic) bond motifs is 1. The summed E-state index contributed by atoms with van der Waals surface area (Å²) in [5.41, 5.74) is 0.731. The van der Waals surface area contributed by atoms with Gasteiger partial charge in [0, 0.05) is 12.6 Å². The zero-order chi connectivity index (χ0) is 32.1. The monoisotopic (exact) mass is 607 g/mol.